The standard InChI is InChI=1S/C17H17N5O2/c18-17(24)16-15(20-6-1-9-23)13-3-2-12(10-14(13)21-22-16)11-4-7-19-8-5-11/h2-5,7-8,10,23H,1,6,9H2,(H2,18,24)(H,20,21). The molecule has 0 aliphatic heterocycles. The molecule has 122 valence electrons. The average Bonchev–Trinajstić information content (AvgIpc) is 2.62. The molecule has 0 atom stereocenters. The van der Waals surface area contributed by atoms with Crippen molar-refractivity contribution in [3.63, 3.8) is 0 Å². The summed E-state index contributed by atoms with van der Waals surface area (Å²) in [5.74, 6) is -0.644. The van der Waals surface area contributed by atoms with Crippen molar-refractivity contribution in [3.05, 3.63) is 48.4 Å². The van der Waals surface area contributed by atoms with Crippen LogP contribution < -0.4 is 11.1 Å². The van der Waals surface area contributed by atoms with Crippen molar-refractivity contribution in [2.24, 2.45) is 5.73 Å². The number of amides is 1. The van der Waals surface area contributed by atoms with E-state index in [1.807, 2.05) is 30.3 Å². The van der Waals surface area contributed by atoms with E-state index in [-0.39, 0.29) is 12.3 Å². The van der Waals surface area contributed by atoms with E-state index >= 15 is 0 Å². The molecule has 0 spiro atoms. The summed E-state index contributed by atoms with van der Waals surface area (Å²) >= 11 is 0. The second kappa shape index (κ2) is 7.01. The quantitative estimate of drug-likeness (QED) is 0.594. The summed E-state index contributed by atoms with van der Waals surface area (Å²) in [6, 6.07) is 9.55. The molecule has 2 heterocycles. The molecule has 0 saturated carbocycles. The maximum atomic E-state index is 11.6. The molecule has 7 heteroatoms. The highest BCUT2D eigenvalue weighted by Crippen LogP contribution is 2.28. The zero-order valence-corrected chi connectivity index (χ0v) is 12.9. The van der Waals surface area contributed by atoms with Crippen LogP contribution in [0.2, 0.25) is 0 Å². The van der Waals surface area contributed by atoms with Crippen LogP contribution in [0.1, 0.15) is 16.9 Å². The smallest absolute Gasteiger partial charge is 0.271 e. The first kappa shape index (κ1) is 15.8. The molecule has 3 aromatic rings. The molecule has 3 rings (SSSR count). The normalized spacial score (nSPS) is 10.7. The molecule has 0 saturated heterocycles. The van der Waals surface area contributed by atoms with Crippen LogP contribution in [-0.2, 0) is 0 Å². The summed E-state index contributed by atoms with van der Waals surface area (Å²) < 4.78 is 0. The minimum atomic E-state index is -0.644. The number of fused-ring (bicyclic) bond motifs is 1. The van der Waals surface area contributed by atoms with Crippen LogP contribution >= 0.6 is 0 Å². The van der Waals surface area contributed by atoms with Crippen LogP contribution in [-0.4, -0.2) is 39.3 Å². The highest BCUT2D eigenvalue weighted by Gasteiger charge is 2.15. The van der Waals surface area contributed by atoms with Gasteiger partial charge in [0.15, 0.2) is 5.69 Å². The van der Waals surface area contributed by atoms with Crippen LogP contribution in [0.25, 0.3) is 22.0 Å². The first-order valence-electron chi connectivity index (χ1n) is 7.56. The van der Waals surface area contributed by atoms with Crippen molar-refractivity contribution in [3.8, 4) is 11.1 Å². The van der Waals surface area contributed by atoms with E-state index in [9.17, 15) is 4.79 Å². The number of hydrogen-bond donors (Lipinski definition) is 3. The highest BCUT2D eigenvalue weighted by molar-refractivity contribution is 6.05. The molecular weight excluding hydrogens is 306 g/mol. The van der Waals surface area contributed by atoms with E-state index in [1.54, 1.807) is 12.4 Å². The Bertz CT molecular complexity index is 867. The SMILES string of the molecule is NC(=O)c1nnc2cc(-c3ccncc3)ccc2c1NCCCO. The third-order valence-electron chi connectivity index (χ3n) is 3.65. The number of carbonyl (C=O) groups excluding carboxylic acids is 1. The van der Waals surface area contributed by atoms with Crippen molar-refractivity contribution in [2.75, 3.05) is 18.5 Å². The Morgan fingerprint density at radius 3 is 2.62 bits per heavy atom. The number of aliphatic hydroxyl groups excluding tert-OH is 1. The number of nitrogens with two attached hydrogens (primary N) is 1. The average molecular weight is 323 g/mol. The Morgan fingerprint density at radius 1 is 1.12 bits per heavy atom. The van der Waals surface area contributed by atoms with E-state index in [0.29, 0.717) is 24.2 Å². The number of benzene rings is 1. The van der Waals surface area contributed by atoms with Crippen LogP contribution in [0, 0.1) is 0 Å². The Morgan fingerprint density at radius 2 is 1.92 bits per heavy atom. The molecule has 1 amide bonds. The van der Waals surface area contributed by atoms with Crippen LogP contribution in [0.15, 0.2) is 42.7 Å². The predicted octanol–water partition coefficient (Wildman–Crippen LogP) is 1.58. The zero-order valence-electron chi connectivity index (χ0n) is 12.9. The number of rotatable bonds is 6. The lowest BCUT2D eigenvalue weighted by Crippen LogP contribution is -2.18. The van der Waals surface area contributed by atoms with E-state index < -0.39 is 5.91 Å². The summed E-state index contributed by atoms with van der Waals surface area (Å²) in [7, 11) is 0. The highest BCUT2D eigenvalue weighted by atomic mass is 16.3. The monoisotopic (exact) mass is 323 g/mol. The van der Waals surface area contributed by atoms with Gasteiger partial charge in [-0.25, -0.2) is 0 Å². The largest absolute Gasteiger partial charge is 0.396 e. The van der Waals surface area contributed by atoms with Gasteiger partial charge < -0.3 is 16.2 Å². The fraction of sp³-hybridized carbons (Fsp3) is 0.176. The summed E-state index contributed by atoms with van der Waals surface area (Å²) in [5, 5.41) is 20.9. The van der Waals surface area contributed by atoms with E-state index in [0.717, 1.165) is 16.5 Å². The van der Waals surface area contributed by atoms with Crippen LogP contribution in [0.5, 0.6) is 0 Å². The number of nitrogens with zero attached hydrogens (tertiary/aromatic N) is 3. The van der Waals surface area contributed by atoms with E-state index in [2.05, 4.69) is 20.5 Å². The van der Waals surface area contributed by atoms with Crippen LogP contribution in [0.3, 0.4) is 0 Å². The number of pyridine rings is 1. The van der Waals surface area contributed by atoms with Crippen molar-refractivity contribution in [1.82, 2.24) is 15.2 Å². The van der Waals surface area contributed by atoms with Gasteiger partial charge >= 0.3 is 0 Å². The maximum absolute atomic E-state index is 11.6. The first-order chi connectivity index (χ1) is 11.7. The first-order valence-corrected chi connectivity index (χ1v) is 7.56. The van der Waals surface area contributed by atoms with Gasteiger partial charge in [0.2, 0.25) is 0 Å². The molecular formula is C17H17N5O2. The van der Waals surface area contributed by atoms with Gasteiger partial charge in [-0.1, -0.05) is 6.07 Å². The number of hydrogen-bond acceptors (Lipinski definition) is 6. The van der Waals surface area contributed by atoms with Gasteiger partial charge in [-0.3, -0.25) is 9.78 Å². The van der Waals surface area contributed by atoms with Gasteiger partial charge in [0.1, 0.15) is 0 Å². The number of nitrogens with one attached hydrogen (secondary N) is 1. The summed E-state index contributed by atoms with van der Waals surface area (Å²) in [5.41, 5.74) is 8.68. The maximum Gasteiger partial charge on any atom is 0.271 e. The molecule has 2 aromatic heterocycles. The molecule has 0 aliphatic rings. The third kappa shape index (κ3) is 3.16. The van der Waals surface area contributed by atoms with Gasteiger partial charge in [0.25, 0.3) is 5.91 Å². The number of aliphatic hydroxyl groups is 1. The van der Waals surface area contributed by atoms with Crippen molar-refractivity contribution in [2.45, 2.75) is 6.42 Å². The van der Waals surface area contributed by atoms with Gasteiger partial charge in [-0.05, 0) is 41.8 Å². The lowest BCUT2D eigenvalue weighted by Gasteiger charge is -2.12. The molecule has 0 bridgehead atoms. The predicted molar refractivity (Wildman–Crippen MR) is 91.5 cm³/mol. The van der Waals surface area contributed by atoms with E-state index in [1.165, 1.54) is 0 Å². The second-order valence-electron chi connectivity index (χ2n) is 5.26. The molecule has 0 aliphatic carbocycles. The Balaban J connectivity index is 2.08. The molecule has 4 N–H and O–H groups in total. The van der Waals surface area contributed by atoms with Gasteiger partial charge in [-0.2, -0.15) is 0 Å². The summed E-state index contributed by atoms with van der Waals surface area (Å²) in [6.45, 7) is 0.561. The molecule has 0 fully saturated rings. The number of primary amides is 1. The minimum absolute atomic E-state index is 0.0571. The number of carbonyl (C=O) groups is 1. The van der Waals surface area contributed by atoms with Crippen molar-refractivity contribution >= 4 is 22.5 Å². The molecule has 7 nitrogen and oxygen atoms in total. The third-order valence-corrected chi connectivity index (χ3v) is 3.65. The fourth-order valence-corrected chi connectivity index (χ4v) is 2.48. The molecule has 0 unspecified atom stereocenters. The van der Waals surface area contributed by atoms with Crippen molar-refractivity contribution < 1.29 is 9.90 Å². The molecule has 1 aromatic carbocycles. The topological polar surface area (TPSA) is 114 Å². The Labute approximate surface area is 138 Å². The zero-order chi connectivity index (χ0) is 16.9. The Hall–Kier alpha value is -3.06. The second-order valence-corrected chi connectivity index (χ2v) is 5.26. The summed E-state index contributed by atoms with van der Waals surface area (Å²) in [6.07, 6.45) is 4.00. The van der Waals surface area contributed by atoms with Crippen molar-refractivity contribution in [1.29, 1.82) is 0 Å². The number of aromatic nitrogens is 3. The molecule has 24 heavy (non-hydrogen) atoms. The lowest BCUT2D eigenvalue weighted by molar-refractivity contribution is 0.0995. The van der Waals surface area contributed by atoms with Gasteiger partial charge in [0, 0.05) is 30.9 Å². The molecule has 0 radical (unpaired) electrons. The fourth-order valence-electron chi connectivity index (χ4n) is 2.48. The van der Waals surface area contributed by atoms with Gasteiger partial charge in [0.05, 0.1) is 11.2 Å². The summed E-state index contributed by atoms with van der Waals surface area (Å²) in [4.78, 5) is 15.6. The Kier molecular flexibility index (Phi) is 4.62. The minimum Gasteiger partial charge on any atom is -0.396 e. The van der Waals surface area contributed by atoms with Crippen LogP contribution in [0.4, 0.5) is 5.69 Å². The van der Waals surface area contributed by atoms with Gasteiger partial charge in [-0.15, -0.1) is 10.2 Å². The number of anilines is 1. The lowest BCUT2D eigenvalue weighted by atomic mass is 10.0. The van der Waals surface area contributed by atoms with E-state index in [4.69, 9.17) is 10.8 Å².